The number of nitrogens with zero attached hydrogens (tertiary/aromatic N) is 1. The van der Waals surface area contributed by atoms with E-state index in [1.54, 1.807) is 55.6 Å². The zero-order valence-electron chi connectivity index (χ0n) is 21.5. The van der Waals surface area contributed by atoms with Crippen LogP contribution in [0.15, 0.2) is 97.1 Å². The first kappa shape index (κ1) is 23.4. The minimum Gasteiger partial charge on any atom is -0.497 e. The van der Waals surface area contributed by atoms with Gasteiger partial charge in [-0.05, 0) is 59.5 Å². The van der Waals surface area contributed by atoms with Crippen molar-refractivity contribution in [2.24, 2.45) is 11.3 Å². The van der Waals surface area contributed by atoms with Crippen LogP contribution >= 0.6 is 0 Å². The zero-order chi connectivity index (χ0) is 26.9. The predicted molar refractivity (Wildman–Crippen MR) is 148 cm³/mol. The van der Waals surface area contributed by atoms with E-state index >= 15 is 0 Å². The van der Waals surface area contributed by atoms with Crippen molar-refractivity contribution in [2.75, 3.05) is 17.3 Å². The summed E-state index contributed by atoms with van der Waals surface area (Å²) in [4.78, 5) is 43.0. The van der Waals surface area contributed by atoms with Gasteiger partial charge in [-0.3, -0.25) is 14.4 Å². The van der Waals surface area contributed by atoms with Crippen molar-refractivity contribution in [2.45, 2.75) is 18.8 Å². The van der Waals surface area contributed by atoms with E-state index in [-0.39, 0.29) is 29.6 Å². The van der Waals surface area contributed by atoms with Gasteiger partial charge in [0.15, 0.2) is 0 Å². The third-order valence-corrected chi connectivity index (χ3v) is 8.71. The number of amides is 3. The van der Waals surface area contributed by atoms with E-state index in [1.807, 2.05) is 31.2 Å². The lowest BCUT2D eigenvalue weighted by Gasteiger charge is -2.51. The van der Waals surface area contributed by atoms with E-state index in [9.17, 15) is 14.4 Å². The molecule has 0 aromatic heterocycles. The van der Waals surface area contributed by atoms with E-state index in [0.29, 0.717) is 22.7 Å². The summed E-state index contributed by atoms with van der Waals surface area (Å²) in [6, 6.07) is 30.2. The molecule has 6 heteroatoms. The van der Waals surface area contributed by atoms with Gasteiger partial charge in [-0.2, -0.15) is 0 Å². The van der Waals surface area contributed by atoms with Crippen molar-refractivity contribution < 1.29 is 19.1 Å². The first-order chi connectivity index (χ1) is 18.9. The highest BCUT2D eigenvalue weighted by Gasteiger charge is 2.68. The monoisotopic (exact) mass is 514 g/mol. The van der Waals surface area contributed by atoms with Crippen LogP contribution in [0.4, 0.5) is 11.4 Å². The highest BCUT2D eigenvalue weighted by atomic mass is 16.5. The summed E-state index contributed by atoms with van der Waals surface area (Å²) < 4.78 is 5.24. The zero-order valence-corrected chi connectivity index (χ0v) is 21.5. The summed E-state index contributed by atoms with van der Waals surface area (Å²) >= 11 is 0. The van der Waals surface area contributed by atoms with Gasteiger partial charge in [0.05, 0.1) is 24.1 Å². The Kier molecular flexibility index (Phi) is 5.04. The van der Waals surface area contributed by atoms with E-state index < -0.39 is 11.3 Å². The van der Waals surface area contributed by atoms with Crippen LogP contribution in [0.2, 0.25) is 0 Å². The molecule has 39 heavy (non-hydrogen) atoms. The van der Waals surface area contributed by atoms with Gasteiger partial charge in [-0.15, -0.1) is 0 Å². The number of methoxy groups -OCH3 is 1. The van der Waals surface area contributed by atoms with E-state index in [0.717, 1.165) is 22.3 Å². The number of hydrogen-bond acceptors (Lipinski definition) is 4. The Labute approximate surface area is 226 Å². The van der Waals surface area contributed by atoms with Gasteiger partial charge in [0, 0.05) is 29.2 Å². The van der Waals surface area contributed by atoms with Gasteiger partial charge in [-0.1, -0.05) is 60.7 Å². The molecule has 1 heterocycles. The standard InChI is InChI=1S/C33H26N2O4/c1-33-28-25-15-5-3-13-23(25)27(24-14-4-6-16-26(24)28)29(33)31(37)35(32(33)38)21-11-7-9-19(17-21)30(36)34-20-10-8-12-22(18-20)39-2/h3-18,27-29H,1-2H3,(H,34,36)/t27?,28?,29-,33-/m1/s1. The first-order valence-electron chi connectivity index (χ1n) is 13.0. The Balaban J connectivity index is 1.28. The van der Waals surface area contributed by atoms with Gasteiger partial charge in [0.1, 0.15) is 5.75 Å². The molecule has 1 fully saturated rings. The molecular weight excluding hydrogens is 488 g/mol. The molecule has 8 rings (SSSR count). The average Bonchev–Trinajstić information content (AvgIpc) is 3.18. The van der Waals surface area contributed by atoms with Crippen LogP contribution in [-0.2, 0) is 9.59 Å². The number of ether oxygens (including phenoxy) is 1. The molecule has 2 atom stereocenters. The fourth-order valence-corrected chi connectivity index (χ4v) is 7.05. The average molecular weight is 515 g/mol. The van der Waals surface area contributed by atoms with Crippen LogP contribution in [0.25, 0.3) is 0 Å². The number of benzene rings is 4. The molecule has 192 valence electrons. The third kappa shape index (κ3) is 3.18. The van der Waals surface area contributed by atoms with Crippen molar-refractivity contribution in [3.63, 3.8) is 0 Å². The quantitative estimate of drug-likeness (QED) is 0.353. The van der Waals surface area contributed by atoms with Crippen molar-refractivity contribution >= 4 is 29.1 Å². The molecule has 1 N–H and O–H groups in total. The van der Waals surface area contributed by atoms with Gasteiger partial charge in [-0.25, -0.2) is 4.90 Å². The lowest BCUT2D eigenvalue weighted by atomic mass is 9.48. The summed E-state index contributed by atoms with van der Waals surface area (Å²) in [6.07, 6.45) is 0. The topological polar surface area (TPSA) is 75.7 Å². The molecule has 2 bridgehead atoms. The summed E-state index contributed by atoms with van der Waals surface area (Å²) in [5.41, 5.74) is 4.91. The Morgan fingerprint density at radius 2 is 1.46 bits per heavy atom. The number of anilines is 2. The second-order valence-electron chi connectivity index (χ2n) is 10.6. The second kappa shape index (κ2) is 8.40. The van der Waals surface area contributed by atoms with Crippen LogP contribution in [-0.4, -0.2) is 24.8 Å². The molecule has 4 aromatic rings. The molecule has 0 saturated carbocycles. The maximum absolute atomic E-state index is 14.3. The fourth-order valence-electron chi connectivity index (χ4n) is 7.05. The van der Waals surface area contributed by atoms with Crippen LogP contribution in [0, 0.1) is 11.3 Å². The SMILES string of the molecule is COc1cccc(NC(=O)c2cccc(N3C(=O)[C@H]4C5c6ccccc6C(c6ccccc65)[C@@]4(C)C3=O)c2)c1. The Hall–Kier alpha value is -4.71. The maximum Gasteiger partial charge on any atom is 0.255 e. The highest BCUT2D eigenvalue weighted by molar-refractivity contribution is 6.25. The van der Waals surface area contributed by atoms with Gasteiger partial charge in [0.25, 0.3) is 5.91 Å². The maximum atomic E-state index is 14.3. The van der Waals surface area contributed by atoms with Crippen molar-refractivity contribution in [1.82, 2.24) is 0 Å². The number of nitrogens with one attached hydrogen (secondary N) is 1. The largest absolute Gasteiger partial charge is 0.497 e. The second-order valence-corrected chi connectivity index (χ2v) is 10.6. The summed E-state index contributed by atoms with van der Waals surface area (Å²) in [5.74, 6) is -1.09. The van der Waals surface area contributed by atoms with Gasteiger partial charge >= 0.3 is 0 Å². The number of carbonyl (C=O) groups is 3. The number of carbonyl (C=O) groups excluding carboxylic acids is 3. The van der Waals surface area contributed by atoms with Crippen LogP contribution in [0.3, 0.4) is 0 Å². The molecule has 1 aliphatic heterocycles. The molecule has 3 aliphatic carbocycles. The molecule has 4 aromatic carbocycles. The van der Waals surface area contributed by atoms with Crippen LogP contribution in [0.1, 0.15) is 51.4 Å². The minimum atomic E-state index is -0.927. The summed E-state index contributed by atoms with van der Waals surface area (Å²) in [6.45, 7) is 1.95. The predicted octanol–water partition coefficient (Wildman–Crippen LogP) is 5.73. The van der Waals surface area contributed by atoms with Gasteiger partial charge < -0.3 is 10.1 Å². The molecule has 4 aliphatic rings. The molecule has 0 unspecified atom stereocenters. The third-order valence-electron chi connectivity index (χ3n) is 8.71. The fraction of sp³-hybridized carbons (Fsp3) is 0.182. The molecule has 1 saturated heterocycles. The first-order valence-corrected chi connectivity index (χ1v) is 13.0. The summed E-state index contributed by atoms with van der Waals surface area (Å²) in [5, 5.41) is 2.87. The van der Waals surface area contributed by atoms with Gasteiger partial charge in [0.2, 0.25) is 11.8 Å². The van der Waals surface area contributed by atoms with Crippen LogP contribution in [0.5, 0.6) is 5.75 Å². The lowest BCUT2D eigenvalue weighted by Crippen LogP contribution is -2.49. The number of rotatable bonds is 4. The molecule has 3 amide bonds. The Morgan fingerprint density at radius 1 is 0.821 bits per heavy atom. The van der Waals surface area contributed by atoms with Crippen molar-refractivity contribution in [1.29, 1.82) is 0 Å². The molecular formula is C33H26N2O4. The molecule has 0 spiro atoms. The minimum absolute atomic E-state index is 0.201. The Bertz CT molecular complexity index is 1650. The van der Waals surface area contributed by atoms with E-state index in [4.69, 9.17) is 4.74 Å². The van der Waals surface area contributed by atoms with Crippen molar-refractivity contribution in [3.8, 4) is 5.75 Å². The number of hydrogen-bond donors (Lipinski definition) is 1. The highest BCUT2D eigenvalue weighted by Crippen LogP contribution is 2.67. The van der Waals surface area contributed by atoms with E-state index in [2.05, 4.69) is 29.6 Å². The smallest absolute Gasteiger partial charge is 0.255 e. The number of imide groups is 1. The van der Waals surface area contributed by atoms with Crippen LogP contribution < -0.4 is 15.0 Å². The Morgan fingerprint density at radius 3 is 2.13 bits per heavy atom. The molecule has 6 nitrogen and oxygen atoms in total. The van der Waals surface area contributed by atoms with Crippen molar-refractivity contribution in [3.05, 3.63) is 125 Å². The normalized spacial score (nSPS) is 24.2. The van der Waals surface area contributed by atoms with E-state index in [1.165, 1.54) is 4.90 Å². The summed E-state index contributed by atoms with van der Waals surface area (Å²) in [7, 11) is 1.57. The lowest BCUT2D eigenvalue weighted by molar-refractivity contribution is -0.128. The molecule has 0 radical (unpaired) electrons.